The number of carbonyl (C=O) groups excluding carboxylic acids is 1. The molecule has 0 heterocycles. The molecule has 0 saturated heterocycles. The molecule has 0 aliphatic carbocycles. The first-order valence-electron chi connectivity index (χ1n) is 7.00. The molecule has 1 atom stereocenters. The van der Waals surface area contributed by atoms with E-state index in [1.54, 1.807) is 0 Å². The summed E-state index contributed by atoms with van der Waals surface area (Å²) in [6, 6.07) is 17.8. The molecule has 104 valence electrons. The Morgan fingerprint density at radius 3 is 2.20 bits per heavy atom. The van der Waals surface area contributed by atoms with Crippen LogP contribution in [0.1, 0.15) is 31.4 Å². The molecule has 2 aromatic rings. The number of aryl methyl sites for hydroxylation is 1. The summed E-state index contributed by atoms with van der Waals surface area (Å²) in [6.07, 6.45) is 0.759. The minimum Gasteiger partial charge on any atom is -0.325 e. The van der Waals surface area contributed by atoms with Gasteiger partial charge in [0.1, 0.15) is 0 Å². The Hall–Kier alpha value is -2.09. The van der Waals surface area contributed by atoms with E-state index in [0.717, 1.165) is 17.7 Å². The third-order valence-electron chi connectivity index (χ3n) is 3.93. The molecule has 0 aliphatic heterocycles. The lowest BCUT2D eigenvalue weighted by Crippen LogP contribution is -2.37. The molecule has 0 spiro atoms. The second-order valence-corrected chi connectivity index (χ2v) is 5.37. The molecule has 0 saturated carbocycles. The van der Waals surface area contributed by atoms with Gasteiger partial charge in [-0.15, -0.1) is 0 Å². The summed E-state index contributed by atoms with van der Waals surface area (Å²) in [6.45, 7) is 6.07. The summed E-state index contributed by atoms with van der Waals surface area (Å²) in [5.74, 6) is 0.0371. The van der Waals surface area contributed by atoms with Crippen LogP contribution < -0.4 is 5.32 Å². The van der Waals surface area contributed by atoms with Gasteiger partial charge < -0.3 is 5.32 Å². The van der Waals surface area contributed by atoms with Gasteiger partial charge in [-0.25, -0.2) is 0 Å². The highest BCUT2D eigenvalue weighted by Gasteiger charge is 2.33. The van der Waals surface area contributed by atoms with Gasteiger partial charge in [-0.3, -0.25) is 4.79 Å². The Kier molecular flexibility index (Phi) is 4.23. The van der Waals surface area contributed by atoms with Gasteiger partial charge in [0.05, 0.1) is 5.41 Å². The molecular weight excluding hydrogens is 246 g/mol. The first kappa shape index (κ1) is 14.3. The highest BCUT2D eigenvalue weighted by molar-refractivity contribution is 5.98. The van der Waals surface area contributed by atoms with Crippen molar-refractivity contribution >= 4 is 11.6 Å². The number of hydrogen-bond acceptors (Lipinski definition) is 1. The van der Waals surface area contributed by atoms with Crippen LogP contribution in [0.4, 0.5) is 5.69 Å². The van der Waals surface area contributed by atoms with Crippen LogP contribution in [0.3, 0.4) is 0 Å². The van der Waals surface area contributed by atoms with E-state index in [1.807, 2.05) is 75.4 Å². The van der Waals surface area contributed by atoms with E-state index in [-0.39, 0.29) is 5.91 Å². The Balaban J connectivity index is 2.23. The Morgan fingerprint density at radius 2 is 1.65 bits per heavy atom. The van der Waals surface area contributed by atoms with Gasteiger partial charge >= 0.3 is 0 Å². The van der Waals surface area contributed by atoms with Crippen molar-refractivity contribution in [3.63, 3.8) is 0 Å². The maximum absolute atomic E-state index is 12.6. The third-order valence-corrected chi connectivity index (χ3v) is 3.93. The minimum atomic E-state index is -0.508. The van der Waals surface area contributed by atoms with E-state index in [4.69, 9.17) is 0 Å². The second-order valence-electron chi connectivity index (χ2n) is 5.37. The zero-order chi connectivity index (χ0) is 14.6. The summed E-state index contributed by atoms with van der Waals surface area (Å²) in [5, 5.41) is 3.02. The van der Waals surface area contributed by atoms with E-state index < -0.39 is 5.41 Å². The van der Waals surface area contributed by atoms with Crippen LogP contribution in [0.15, 0.2) is 54.6 Å². The van der Waals surface area contributed by atoms with E-state index in [9.17, 15) is 4.79 Å². The molecule has 2 rings (SSSR count). The third kappa shape index (κ3) is 2.90. The standard InChI is InChI=1S/C18H21NO/c1-4-18(3,15-8-6-5-7-9-15)17(20)19-16-12-10-14(2)11-13-16/h5-13H,4H2,1-3H3,(H,19,20). The Morgan fingerprint density at radius 1 is 1.05 bits per heavy atom. The molecule has 0 bridgehead atoms. The van der Waals surface area contributed by atoms with Crippen LogP contribution in [0.25, 0.3) is 0 Å². The molecule has 1 N–H and O–H groups in total. The van der Waals surface area contributed by atoms with Crippen LogP contribution in [0.2, 0.25) is 0 Å². The van der Waals surface area contributed by atoms with Crippen LogP contribution in [-0.4, -0.2) is 5.91 Å². The van der Waals surface area contributed by atoms with Crippen LogP contribution in [-0.2, 0) is 10.2 Å². The fourth-order valence-corrected chi connectivity index (χ4v) is 2.21. The zero-order valence-electron chi connectivity index (χ0n) is 12.3. The number of carbonyl (C=O) groups is 1. The largest absolute Gasteiger partial charge is 0.325 e. The molecule has 20 heavy (non-hydrogen) atoms. The summed E-state index contributed by atoms with van der Waals surface area (Å²) < 4.78 is 0. The van der Waals surface area contributed by atoms with Gasteiger partial charge in [0.25, 0.3) is 0 Å². The highest BCUT2D eigenvalue weighted by atomic mass is 16.2. The highest BCUT2D eigenvalue weighted by Crippen LogP contribution is 2.29. The van der Waals surface area contributed by atoms with Crippen LogP contribution in [0.5, 0.6) is 0 Å². The van der Waals surface area contributed by atoms with Crippen molar-refractivity contribution in [1.82, 2.24) is 0 Å². The van der Waals surface area contributed by atoms with Gasteiger partial charge in [-0.05, 0) is 38.0 Å². The molecule has 2 nitrogen and oxygen atoms in total. The van der Waals surface area contributed by atoms with Crippen molar-refractivity contribution in [3.8, 4) is 0 Å². The SMILES string of the molecule is CCC(C)(C(=O)Nc1ccc(C)cc1)c1ccccc1. The monoisotopic (exact) mass is 267 g/mol. The topological polar surface area (TPSA) is 29.1 Å². The van der Waals surface area contributed by atoms with Gasteiger partial charge in [-0.2, -0.15) is 0 Å². The van der Waals surface area contributed by atoms with Crippen molar-refractivity contribution in [2.75, 3.05) is 5.32 Å². The molecule has 2 heteroatoms. The maximum atomic E-state index is 12.6. The van der Waals surface area contributed by atoms with E-state index in [0.29, 0.717) is 0 Å². The summed E-state index contributed by atoms with van der Waals surface area (Å²) >= 11 is 0. The fraction of sp³-hybridized carbons (Fsp3) is 0.278. The molecule has 1 unspecified atom stereocenters. The van der Waals surface area contributed by atoms with Gasteiger partial charge in [0.15, 0.2) is 0 Å². The van der Waals surface area contributed by atoms with Crippen molar-refractivity contribution in [3.05, 3.63) is 65.7 Å². The zero-order valence-corrected chi connectivity index (χ0v) is 12.3. The molecule has 0 fully saturated rings. The normalized spacial score (nSPS) is 13.6. The Bertz CT molecular complexity index is 574. The van der Waals surface area contributed by atoms with E-state index in [2.05, 4.69) is 5.32 Å². The average Bonchev–Trinajstić information content (AvgIpc) is 2.49. The van der Waals surface area contributed by atoms with Crippen molar-refractivity contribution < 1.29 is 4.79 Å². The fourth-order valence-electron chi connectivity index (χ4n) is 2.21. The van der Waals surface area contributed by atoms with E-state index in [1.165, 1.54) is 5.56 Å². The van der Waals surface area contributed by atoms with Gasteiger partial charge in [-0.1, -0.05) is 55.0 Å². The lowest BCUT2D eigenvalue weighted by Gasteiger charge is -2.27. The first-order valence-corrected chi connectivity index (χ1v) is 7.00. The molecule has 0 radical (unpaired) electrons. The quantitative estimate of drug-likeness (QED) is 0.879. The maximum Gasteiger partial charge on any atom is 0.234 e. The van der Waals surface area contributed by atoms with Crippen molar-refractivity contribution in [2.45, 2.75) is 32.6 Å². The average molecular weight is 267 g/mol. The van der Waals surface area contributed by atoms with Crippen LogP contribution >= 0.6 is 0 Å². The molecule has 2 aromatic carbocycles. The van der Waals surface area contributed by atoms with Crippen LogP contribution in [0, 0.1) is 6.92 Å². The van der Waals surface area contributed by atoms with E-state index >= 15 is 0 Å². The molecule has 0 aliphatic rings. The molecular formula is C18H21NO. The number of rotatable bonds is 4. The Labute approximate surface area is 120 Å². The number of benzene rings is 2. The summed E-state index contributed by atoms with van der Waals surface area (Å²) in [4.78, 5) is 12.6. The predicted molar refractivity (Wildman–Crippen MR) is 83.9 cm³/mol. The number of nitrogens with one attached hydrogen (secondary N) is 1. The lowest BCUT2D eigenvalue weighted by molar-refractivity contribution is -0.121. The number of hydrogen-bond donors (Lipinski definition) is 1. The number of amides is 1. The lowest BCUT2D eigenvalue weighted by atomic mass is 9.79. The van der Waals surface area contributed by atoms with Crippen molar-refractivity contribution in [2.24, 2.45) is 0 Å². The van der Waals surface area contributed by atoms with Crippen molar-refractivity contribution in [1.29, 1.82) is 0 Å². The first-order chi connectivity index (χ1) is 9.56. The predicted octanol–water partition coefficient (Wildman–Crippen LogP) is 4.30. The molecule has 1 amide bonds. The number of anilines is 1. The molecule has 0 aromatic heterocycles. The van der Waals surface area contributed by atoms with Gasteiger partial charge in [0, 0.05) is 5.69 Å². The summed E-state index contributed by atoms with van der Waals surface area (Å²) in [7, 11) is 0. The smallest absolute Gasteiger partial charge is 0.234 e. The minimum absolute atomic E-state index is 0.0371. The van der Waals surface area contributed by atoms with Gasteiger partial charge in [0.2, 0.25) is 5.91 Å². The summed E-state index contributed by atoms with van der Waals surface area (Å²) in [5.41, 5.74) is 2.57. The second kappa shape index (κ2) is 5.91.